The van der Waals surface area contributed by atoms with E-state index in [1.807, 2.05) is 42.5 Å². The van der Waals surface area contributed by atoms with Gasteiger partial charge in [-0.3, -0.25) is 9.63 Å². The number of benzene rings is 1. The molecule has 3 rings (SSSR count). The predicted octanol–water partition coefficient (Wildman–Crippen LogP) is 1.77. The minimum absolute atomic E-state index is 0.0221. The molecule has 1 aliphatic carbocycles. The van der Waals surface area contributed by atoms with Crippen LogP contribution in [0.1, 0.15) is 18.9 Å². The van der Waals surface area contributed by atoms with Gasteiger partial charge in [-0.05, 0) is 12.5 Å². The van der Waals surface area contributed by atoms with E-state index in [9.17, 15) is 9.59 Å². The molecule has 2 amide bonds. The lowest BCUT2D eigenvalue weighted by molar-refractivity contribution is -0.184. The monoisotopic (exact) mass is 302 g/mol. The van der Waals surface area contributed by atoms with Crippen LogP contribution in [0.3, 0.4) is 0 Å². The van der Waals surface area contributed by atoms with Crippen molar-refractivity contribution in [1.82, 2.24) is 10.4 Å². The van der Waals surface area contributed by atoms with Crippen molar-refractivity contribution in [3.8, 4) is 0 Å². The molecular weight excluding hydrogens is 284 g/mol. The molecule has 1 aromatic rings. The van der Waals surface area contributed by atoms with Crippen LogP contribution in [-0.4, -0.2) is 35.3 Å². The molecule has 3 atom stereocenters. The molecule has 0 aromatic heterocycles. The second-order valence-electron chi connectivity index (χ2n) is 5.42. The van der Waals surface area contributed by atoms with E-state index < -0.39 is 12.1 Å². The van der Waals surface area contributed by atoms with Crippen molar-refractivity contribution in [2.24, 2.45) is 0 Å². The summed E-state index contributed by atoms with van der Waals surface area (Å²) in [6.07, 6.45) is 4.04. The molecule has 0 radical (unpaired) electrons. The Hall–Kier alpha value is -2.34. The van der Waals surface area contributed by atoms with Crippen LogP contribution < -0.4 is 5.32 Å². The highest BCUT2D eigenvalue weighted by Gasteiger charge is 2.40. The van der Waals surface area contributed by atoms with Gasteiger partial charge in [0.1, 0.15) is 18.8 Å². The minimum atomic E-state index is -0.698. The highest BCUT2D eigenvalue weighted by atomic mass is 16.7. The Labute approximate surface area is 128 Å². The number of hydrogen-bond donors (Lipinski definition) is 1. The fourth-order valence-electron chi connectivity index (χ4n) is 2.53. The van der Waals surface area contributed by atoms with E-state index in [4.69, 9.17) is 9.57 Å². The Kier molecular flexibility index (Phi) is 4.11. The van der Waals surface area contributed by atoms with Crippen molar-refractivity contribution in [3.63, 3.8) is 0 Å². The second kappa shape index (κ2) is 6.19. The molecule has 6 nitrogen and oxygen atoms in total. The number of carbonyl (C=O) groups excluding carboxylic acids is 2. The van der Waals surface area contributed by atoms with E-state index in [2.05, 4.69) is 5.32 Å². The zero-order chi connectivity index (χ0) is 15.5. The summed E-state index contributed by atoms with van der Waals surface area (Å²) in [6.45, 7) is 1.78. The Balaban J connectivity index is 1.47. The summed E-state index contributed by atoms with van der Waals surface area (Å²) < 4.78 is 5.10. The van der Waals surface area contributed by atoms with Crippen molar-refractivity contribution in [3.05, 3.63) is 48.0 Å². The Morgan fingerprint density at radius 2 is 2.14 bits per heavy atom. The first-order valence-corrected chi connectivity index (χ1v) is 7.29. The van der Waals surface area contributed by atoms with Crippen LogP contribution in [-0.2, 0) is 21.0 Å². The lowest BCUT2D eigenvalue weighted by atomic mass is 10.2. The topological polar surface area (TPSA) is 67.9 Å². The summed E-state index contributed by atoms with van der Waals surface area (Å²) in [5.41, 5.74) is 0.891. The largest absolute Gasteiger partial charge is 0.445 e. The van der Waals surface area contributed by atoms with Crippen LogP contribution in [0, 0.1) is 0 Å². The number of amides is 2. The van der Waals surface area contributed by atoms with E-state index in [1.165, 1.54) is 5.06 Å². The summed E-state index contributed by atoms with van der Waals surface area (Å²) in [5, 5.41) is 3.87. The summed E-state index contributed by atoms with van der Waals surface area (Å²) in [5.74, 6) is -0.270. The van der Waals surface area contributed by atoms with Gasteiger partial charge in [-0.15, -0.1) is 0 Å². The Bertz CT molecular complexity index is 587. The standard InChI is InChI=1S/C16H18N2O4/c1-11(15(19)18-13-7-8-14(9-13)22-18)17-16(20)21-10-12-5-3-2-4-6-12/h2-8,11,13-14H,9-10H2,1H3,(H,17,20)/t11-,13+,14-/m1/s1. The maximum atomic E-state index is 12.2. The SMILES string of the molecule is C[C@@H](NC(=O)OCc1ccccc1)C(=O)N1O[C@@H]2C=C[C@H]1C2. The van der Waals surface area contributed by atoms with Gasteiger partial charge in [-0.25, -0.2) is 9.86 Å². The number of ether oxygens (including phenoxy) is 1. The van der Waals surface area contributed by atoms with Gasteiger partial charge in [0.25, 0.3) is 5.91 Å². The molecule has 2 bridgehead atoms. The fourth-order valence-corrected chi connectivity index (χ4v) is 2.53. The third-order valence-electron chi connectivity index (χ3n) is 3.71. The second-order valence-corrected chi connectivity index (χ2v) is 5.42. The summed E-state index contributed by atoms with van der Waals surface area (Å²) in [6, 6.07) is 8.64. The smallest absolute Gasteiger partial charge is 0.408 e. The Morgan fingerprint density at radius 1 is 1.36 bits per heavy atom. The average Bonchev–Trinajstić information content (AvgIpc) is 3.16. The van der Waals surface area contributed by atoms with Crippen LogP contribution in [0.5, 0.6) is 0 Å². The van der Waals surface area contributed by atoms with E-state index in [0.29, 0.717) is 0 Å². The zero-order valence-corrected chi connectivity index (χ0v) is 12.3. The lowest BCUT2D eigenvalue weighted by Crippen LogP contribution is -2.48. The van der Waals surface area contributed by atoms with E-state index in [-0.39, 0.29) is 24.7 Å². The maximum absolute atomic E-state index is 12.2. The van der Waals surface area contributed by atoms with Crippen molar-refractivity contribution in [2.75, 3.05) is 0 Å². The van der Waals surface area contributed by atoms with Crippen LogP contribution >= 0.6 is 0 Å². The molecule has 6 heteroatoms. The van der Waals surface area contributed by atoms with Crippen LogP contribution in [0.15, 0.2) is 42.5 Å². The Morgan fingerprint density at radius 3 is 2.77 bits per heavy atom. The van der Waals surface area contributed by atoms with Crippen molar-refractivity contribution < 1.29 is 19.2 Å². The summed E-state index contributed by atoms with van der Waals surface area (Å²) >= 11 is 0. The first-order chi connectivity index (χ1) is 10.6. The van der Waals surface area contributed by atoms with Crippen molar-refractivity contribution in [2.45, 2.75) is 38.1 Å². The molecular formula is C16H18N2O4. The first-order valence-electron chi connectivity index (χ1n) is 7.29. The van der Waals surface area contributed by atoms with Crippen molar-refractivity contribution in [1.29, 1.82) is 0 Å². The molecule has 0 unspecified atom stereocenters. The van der Waals surface area contributed by atoms with E-state index in [1.54, 1.807) is 6.92 Å². The van der Waals surface area contributed by atoms with E-state index in [0.717, 1.165) is 12.0 Å². The predicted molar refractivity (Wildman–Crippen MR) is 78.5 cm³/mol. The van der Waals surface area contributed by atoms with Gasteiger partial charge in [-0.2, -0.15) is 0 Å². The van der Waals surface area contributed by atoms with Crippen LogP contribution in [0.4, 0.5) is 4.79 Å². The maximum Gasteiger partial charge on any atom is 0.408 e. The number of nitrogens with one attached hydrogen (secondary N) is 1. The number of hydroxylamine groups is 2. The summed E-state index contributed by atoms with van der Waals surface area (Å²) in [4.78, 5) is 29.4. The van der Waals surface area contributed by atoms with Crippen LogP contribution in [0.25, 0.3) is 0 Å². The molecule has 2 aliphatic rings. The van der Waals surface area contributed by atoms with Gasteiger partial charge >= 0.3 is 6.09 Å². The van der Waals surface area contributed by atoms with Gasteiger partial charge in [0.15, 0.2) is 0 Å². The highest BCUT2D eigenvalue weighted by Crippen LogP contribution is 2.29. The number of fused-ring (bicyclic) bond motifs is 2. The zero-order valence-electron chi connectivity index (χ0n) is 12.3. The summed E-state index contributed by atoms with van der Waals surface area (Å²) in [7, 11) is 0. The van der Waals surface area contributed by atoms with E-state index >= 15 is 0 Å². The van der Waals surface area contributed by atoms with Gasteiger partial charge in [-0.1, -0.05) is 42.5 Å². The number of nitrogens with zero attached hydrogens (tertiary/aromatic N) is 1. The molecule has 1 saturated heterocycles. The van der Waals surface area contributed by atoms with Gasteiger partial charge < -0.3 is 10.1 Å². The molecule has 0 spiro atoms. The third-order valence-corrected chi connectivity index (χ3v) is 3.71. The molecule has 116 valence electrons. The van der Waals surface area contributed by atoms with Gasteiger partial charge in [0.2, 0.25) is 0 Å². The molecule has 1 aromatic carbocycles. The van der Waals surface area contributed by atoms with Gasteiger partial charge in [0, 0.05) is 6.42 Å². The molecule has 0 saturated carbocycles. The minimum Gasteiger partial charge on any atom is -0.445 e. The normalized spacial score (nSPS) is 23.4. The number of hydrogen-bond acceptors (Lipinski definition) is 4. The molecule has 22 heavy (non-hydrogen) atoms. The average molecular weight is 302 g/mol. The number of rotatable bonds is 4. The molecule has 1 fully saturated rings. The van der Waals surface area contributed by atoms with Crippen molar-refractivity contribution >= 4 is 12.0 Å². The lowest BCUT2D eigenvalue weighted by Gasteiger charge is -2.25. The van der Waals surface area contributed by atoms with Crippen LogP contribution in [0.2, 0.25) is 0 Å². The molecule has 1 aliphatic heterocycles. The van der Waals surface area contributed by atoms with Gasteiger partial charge in [0.05, 0.1) is 6.04 Å². The first kappa shape index (κ1) is 14.6. The quantitative estimate of drug-likeness (QED) is 0.861. The molecule has 1 heterocycles. The number of alkyl carbamates (subject to hydrolysis) is 1. The number of carbonyl (C=O) groups is 2. The fraction of sp³-hybridized carbons (Fsp3) is 0.375. The highest BCUT2D eigenvalue weighted by molar-refractivity contribution is 5.85. The third kappa shape index (κ3) is 3.12. The molecule has 1 N–H and O–H groups in total.